The smallest absolute Gasteiger partial charge is 0.383 e. The molecule has 19 heavy (non-hydrogen) atoms. The monoisotopic (exact) mass is 269 g/mol. The van der Waals surface area contributed by atoms with Gasteiger partial charge in [0, 0.05) is 24.0 Å². The molecule has 0 bridgehead atoms. The molecule has 100 valence electrons. The van der Waals surface area contributed by atoms with E-state index in [4.69, 9.17) is 5.73 Å². The number of alkyl halides is 3. The summed E-state index contributed by atoms with van der Waals surface area (Å²) in [5.41, 5.74) is 4.67. The Morgan fingerprint density at radius 1 is 1.26 bits per heavy atom. The summed E-state index contributed by atoms with van der Waals surface area (Å²) in [5, 5.41) is 0. The minimum absolute atomic E-state index is 0.0531. The summed E-state index contributed by atoms with van der Waals surface area (Å²) in [6, 6.07) is 4.85. The molecule has 0 spiro atoms. The molecule has 2 N–H and O–H groups in total. The number of nitrogens with two attached hydrogens (primary N) is 1. The molecule has 2 rings (SSSR count). The van der Waals surface area contributed by atoms with Crippen LogP contribution < -0.4 is 11.3 Å². The van der Waals surface area contributed by atoms with Crippen molar-refractivity contribution in [1.82, 2.24) is 9.55 Å². The van der Waals surface area contributed by atoms with Gasteiger partial charge in [0.25, 0.3) is 5.56 Å². The predicted molar refractivity (Wildman–Crippen MR) is 63.5 cm³/mol. The lowest BCUT2D eigenvalue weighted by atomic mass is 10.2. The molecular weight excluding hydrogens is 259 g/mol. The highest BCUT2D eigenvalue weighted by molar-refractivity contribution is 5.38. The van der Waals surface area contributed by atoms with E-state index in [0.29, 0.717) is 5.56 Å². The molecule has 0 saturated heterocycles. The van der Waals surface area contributed by atoms with Crippen molar-refractivity contribution >= 4 is 5.82 Å². The van der Waals surface area contributed by atoms with Gasteiger partial charge in [-0.15, -0.1) is 0 Å². The van der Waals surface area contributed by atoms with Gasteiger partial charge in [0.1, 0.15) is 5.82 Å². The van der Waals surface area contributed by atoms with Gasteiger partial charge < -0.3 is 10.3 Å². The fraction of sp³-hybridized carbons (Fsp3) is 0.167. The quantitative estimate of drug-likeness (QED) is 0.905. The van der Waals surface area contributed by atoms with Crippen LogP contribution in [0.3, 0.4) is 0 Å². The number of aromatic nitrogens is 2. The minimum atomic E-state index is -4.49. The van der Waals surface area contributed by atoms with E-state index >= 15 is 0 Å². The molecule has 7 heteroatoms. The molecule has 2 aromatic heterocycles. The van der Waals surface area contributed by atoms with Crippen LogP contribution in [-0.2, 0) is 12.7 Å². The minimum Gasteiger partial charge on any atom is -0.383 e. The lowest BCUT2D eigenvalue weighted by Crippen LogP contribution is -2.22. The second-order valence-electron chi connectivity index (χ2n) is 3.93. The molecule has 0 aliphatic carbocycles. The van der Waals surface area contributed by atoms with Crippen molar-refractivity contribution in [3.05, 3.63) is 58.1 Å². The number of pyridine rings is 2. The van der Waals surface area contributed by atoms with E-state index in [-0.39, 0.29) is 12.4 Å². The zero-order chi connectivity index (χ0) is 14.0. The maximum Gasteiger partial charge on any atom is 0.417 e. The number of rotatable bonds is 2. The number of nitrogens with zero attached hydrogens (tertiary/aromatic N) is 2. The molecule has 2 aromatic rings. The van der Waals surface area contributed by atoms with Gasteiger partial charge in [-0.05, 0) is 12.1 Å². The van der Waals surface area contributed by atoms with Crippen LogP contribution in [0.15, 0.2) is 41.5 Å². The topological polar surface area (TPSA) is 60.9 Å². The molecular formula is C12H10F3N3O. The third kappa shape index (κ3) is 2.93. The van der Waals surface area contributed by atoms with Gasteiger partial charge in [-0.1, -0.05) is 6.07 Å². The number of halogens is 3. The SMILES string of the molecule is Nc1ncccc1Cn1cc(C(F)(F)F)ccc1=O. The summed E-state index contributed by atoms with van der Waals surface area (Å²) < 4.78 is 38.7. The van der Waals surface area contributed by atoms with Crippen molar-refractivity contribution in [2.24, 2.45) is 0 Å². The third-order valence-corrected chi connectivity index (χ3v) is 2.58. The first-order valence-corrected chi connectivity index (χ1v) is 5.35. The molecule has 0 radical (unpaired) electrons. The standard InChI is InChI=1S/C12H10F3N3O/c13-12(14,15)9-3-4-10(19)18(7-9)6-8-2-1-5-17-11(8)16/h1-5,7H,6H2,(H2,16,17). The summed E-state index contributed by atoms with van der Waals surface area (Å²) in [7, 11) is 0. The lowest BCUT2D eigenvalue weighted by Gasteiger charge is -2.11. The van der Waals surface area contributed by atoms with Crippen molar-refractivity contribution in [1.29, 1.82) is 0 Å². The molecule has 0 aliphatic rings. The summed E-state index contributed by atoms with van der Waals surface area (Å²) in [4.78, 5) is 15.4. The van der Waals surface area contributed by atoms with E-state index in [1.165, 1.54) is 6.20 Å². The lowest BCUT2D eigenvalue weighted by molar-refractivity contribution is -0.138. The number of hydrogen-bond donors (Lipinski definition) is 1. The number of hydrogen-bond acceptors (Lipinski definition) is 3. The Hall–Kier alpha value is -2.31. The van der Waals surface area contributed by atoms with Crippen LogP contribution >= 0.6 is 0 Å². The second-order valence-corrected chi connectivity index (χ2v) is 3.93. The van der Waals surface area contributed by atoms with Gasteiger partial charge in [-0.3, -0.25) is 4.79 Å². The van der Waals surface area contributed by atoms with Crippen LogP contribution in [0.4, 0.5) is 19.0 Å². The normalized spacial score (nSPS) is 11.5. The first-order valence-electron chi connectivity index (χ1n) is 5.35. The maximum atomic E-state index is 12.6. The van der Waals surface area contributed by atoms with E-state index in [1.807, 2.05) is 0 Å². The van der Waals surface area contributed by atoms with Crippen LogP contribution in [0, 0.1) is 0 Å². The molecule has 0 saturated carbocycles. The molecule has 4 nitrogen and oxygen atoms in total. The number of nitrogen functional groups attached to an aromatic ring is 1. The Morgan fingerprint density at radius 2 is 2.00 bits per heavy atom. The molecule has 0 unspecified atom stereocenters. The van der Waals surface area contributed by atoms with Crippen LogP contribution in [0.5, 0.6) is 0 Å². The highest BCUT2D eigenvalue weighted by atomic mass is 19.4. The van der Waals surface area contributed by atoms with Crippen LogP contribution in [0.2, 0.25) is 0 Å². The van der Waals surface area contributed by atoms with Gasteiger partial charge in [0.2, 0.25) is 0 Å². The Balaban J connectivity index is 2.41. The van der Waals surface area contributed by atoms with Crippen molar-refractivity contribution in [2.75, 3.05) is 5.73 Å². The van der Waals surface area contributed by atoms with Crippen LogP contribution in [0.1, 0.15) is 11.1 Å². The number of anilines is 1. The van der Waals surface area contributed by atoms with Crippen molar-refractivity contribution in [2.45, 2.75) is 12.7 Å². The zero-order valence-corrected chi connectivity index (χ0v) is 9.69. The second kappa shape index (κ2) is 4.75. The average Bonchev–Trinajstić information content (AvgIpc) is 2.33. The Morgan fingerprint density at radius 3 is 2.63 bits per heavy atom. The summed E-state index contributed by atoms with van der Waals surface area (Å²) in [6.45, 7) is -0.0531. The van der Waals surface area contributed by atoms with Crippen LogP contribution in [0.25, 0.3) is 0 Å². The summed E-state index contributed by atoms with van der Waals surface area (Å²) >= 11 is 0. The van der Waals surface area contributed by atoms with Gasteiger partial charge in [0.05, 0.1) is 12.1 Å². The first-order chi connectivity index (χ1) is 8.88. The fourth-order valence-corrected chi connectivity index (χ4v) is 1.59. The van der Waals surface area contributed by atoms with Gasteiger partial charge in [0.15, 0.2) is 0 Å². The Kier molecular flexibility index (Phi) is 3.28. The van der Waals surface area contributed by atoms with E-state index in [2.05, 4.69) is 4.98 Å². The summed E-state index contributed by atoms with van der Waals surface area (Å²) in [6.07, 6.45) is -2.25. The Labute approximate surface area is 106 Å². The van der Waals surface area contributed by atoms with Gasteiger partial charge >= 0.3 is 6.18 Å². The molecule has 0 amide bonds. The fourth-order valence-electron chi connectivity index (χ4n) is 1.59. The Bertz CT molecular complexity index is 649. The van der Waals surface area contributed by atoms with E-state index in [9.17, 15) is 18.0 Å². The average molecular weight is 269 g/mol. The van der Waals surface area contributed by atoms with Crippen molar-refractivity contribution in [3.63, 3.8) is 0 Å². The highest BCUT2D eigenvalue weighted by Gasteiger charge is 2.31. The van der Waals surface area contributed by atoms with E-state index in [1.54, 1.807) is 12.1 Å². The molecule has 0 aliphatic heterocycles. The first kappa shape index (κ1) is 13.1. The largest absolute Gasteiger partial charge is 0.417 e. The molecule has 2 heterocycles. The summed E-state index contributed by atoms with van der Waals surface area (Å²) in [5.74, 6) is 0.187. The van der Waals surface area contributed by atoms with E-state index < -0.39 is 17.3 Å². The molecule has 0 atom stereocenters. The molecule has 0 aromatic carbocycles. The van der Waals surface area contributed by atoms with Crippen LogP contribution in [-0.4, -0.2) is 9.55 Å². The van der Waals surface area contributed by atoms with Crippen molar-refractivity contribution < 1.29 is 13.2 Å². The third-order valence-electron chi connectivity index (χ3n) is 2.58. The zero-order valence-electron chi connectivity index (χ0n) is 9.69. The van der Waals surface area contributed by atoms with Gasteiger partial charge in [-0.2, -0.15) is 13.2 Å². The molecule has 0 fully saturated rings. The predicted octanol–water partition coefficient (Wildman–Crippen LogP) is 1.89. The van der Waals surface area contributed by atoms with Gasteiger partial charge in [-0.25, -0.2) is 4.98 Å². The van der Waals surface area contributed by atoms with Crippen molar-refractivity contribution in [3.8, 4) is 0 Å². The highest BCUT2D eigenvalue weighted by Crippen LogP contribution is 2.28. The maximum absolute atomic E-state index is 12.6. The van der Waals surface area contributed by atoms with E-state index in [0.717, 1.165) is 22.9 Å².